The molecule has 1 saturated carbocycles. The number of benzene rings is 1. The first-order valence-electron chi connectivity index (χ1n) is 5.74. The van der Waals surface area contributed by atoms with Crippen LogP contribution in [0.25, 0.3) is 0 Å². The van der Waals surface area contributed by atoms with Crippen LogP contribution in [0, 0.1) is 11.3 Å². The molecule has 0 radical (unpaired) electrons. The predicted molar refractivity (Wildman–Crippen MR) is 72.6 cm³/mol. The number of nitriles is 1. The number of guanidine groups is 1. The van der Waals surface area contributed by atoms with Gasteiger partial charge < -0.3 is 11.1 Å². The van der Waals surface area contributed by atoms with Crippen LogP contribution in [0.3, 0.4) is 0 Å². The Hall–Kier alpha value is -2.35. The predicted octanol–water partition coefficient (Wildman–Crippen LogP) is 1.63. The van der Waals surface area contributed by atoms with Gasteiger partial charge in [-0.2, -0.15) is 5.26 Å². The molecule has 0 aromatic heterocycles. The molecule has 2 rings (SSSR count). The number of aliphatic imine (C=N–C) groups is 2. The number of anilines is 1. The Balaban J connectivity index is 2.21. The monoisotopic (exact) mass is 241 g/mol. The third kappa shape index (κ3) is 2.33. The molecule has 0 bridgehead atoms. The first-order chi connectivity index (χ1) is 8.74. The molecule has 1 aromatic rings. The van der Waals surface area contributed by atoms with Crippen molar-refractivity contribution in [3.63, 3.8) is 0 Å². The summed E-state index contributed by atoms with van der Waals surface area (Å²) in [6.45, 7) is 0. The average Bonchev–Trinajstić information content (AvgIpc) is 3.19. The quantitative estimate of drug-likeness (QED) is 0.609. The number of nitrogens with two attached hydrogens (primary N) is 1. The molecule has 1 aromatic carbocycles. The highest BCUT2D eigenvalue weighted by Crippen LogP contribution is 2.47. The lowest BCUT2D eigenvalue weighted by Crippen LogP contribution is -2.12. The van der Waals surface area contributed by atoms with Gasteiger partial charge in [-0.05, 0) is 30.5 Å². The average molecular weight is 241 g/mol. The van der Waals surface area contributed by atoms with Crippen LogP contribution in [-0.2, 0) is 5.41 Å². The van der Waals surface area contributed by atoms with Crippen molar-refractivity contribution in [1.29, 1.82) is 5.26 Å². The number of nitrogens with one attached hydrogen (secondary N) is 1. The van der Waals surface area contributed by atoms with Crippen LogP contribution >= 0.6 is 0 Å². The molecule has 3 N–H and O–H groups in total. The maximum atomic E-state index is 9.18. The summed E-state index contributed by atoms with van der Waals surface area (Å²) in [4.78, 5) is 7.86. The largest absolute Gasteiger partial charge is 0.390 e. The van der Waals surface area contributed by atoms with E-state index in [0.717, 1.165) is 24.1 Å². The van der Waals surface area contributed by atoms with Gasteiger partial charge in [0.15, 0.2) is 0 Å². The summed E-state index contributed by atoms with van der Waals surface area (Å²) >= 11 is 0. The van der Waals surface area contributed by atoms with Gasteiger partial charge in [-0.25, -0.2) is 4.99 Å². The Morgan fingerprint density at radius 2 is 2.33 bits per heavy atom. The molecule has 92 valence electrons. The minimum absolute atomic E-state index is 0.279. The second kappa shape index (κ2) is 4.88. The molecule has 0 amide bonds. The van der Waals surface area contributed by atoms with Crippen molar-refractivity contribution in [2.75, 3.05) is 12.4 Å². The summed E-state index contributed by atoms with van der Waals surface area (Å²) in [5.74, 6) is 0.441. The fourth-order valence-corrected chi connectivity index (χ4v) is 1.83. The highest BCUT2D eigenvalue weighted by atomic mass is 15.1. The lowest BCUT2D eigenvalue weighted by atomic mass is 9.97. The summed E-state index contributed by atoms with van der Waals surface area (Å²) < 4.78 is 0. The van der Waals surface area contributed by atoms with Crippen molar-refractivity contribution in [3.05, 3.63) is 29.8 Å². The summed E-state index contributed by atoms with van der Waals surface area (Å²) in [5.41, 5.74) is 6.86. The lowest BCUT2D eigenvalue weighted by molar-refractivity contribution is 0.909. The SMILES string of the molecule is CN=C(N=CN)Nc1cccc(C2(C#N)CC2)c1. The van der Waals surface area contributed by atoms with Crippen molar-refractivity contribution in [2.24, 2.45) is 15.7 Å². The number of hydrogen-bond donors (Lipinski definition) is 2. The van der Waals surface area contributed by atoms with Crippen LogP contribution in [0.4, 0.5) is 5.69 Å². The molecular formula is C13H15N5. The molecular weight excluding hydrogens is 226 g/mol. The summed E-state index contributed by atoms with van der Waals surface area (Å²) in [6.07, 6.45) is 3.06. The van der Waals surface area contributed by atoms with Gasteiger partial charge in [-0.1, -0.05) is 12.1 Å². The van der Waals surface area contributed by atoms with Crippen molar-refractivity contribution in [3.8, 4) is 6.07 Å². The van der Waals surface area contributed by atoms with Gasteiger partial charge in [0.1, 0.15) is 0 Å². The lowest BCUT2D eigenvalue weighted by Gasteiger charge is -2.10. The Morgan fingerprint density at radius 1 is 1.56 bits per heavy atom. The third-order valence-electron chi connectivity index (χ3n) is 3.04. The zero-order chi connectivity index (χ0) is 13.0. The van der Waals surface area contributed by atoms with Gasteiger partial charge in [-0.3, -0.25) is 4.99 Å². The molecule has 1 aliphatic rings. The van der Waals surface area contributed by atoms with E-state index in [1.165, 1.54) is 6.34 Å². The topological polar surface area (TPSA) is 86.6 Å². The number of hydrogen-bond acceptors (Lipinski definition) is 2. The van der Waals surface area contributed by atoms with Crippen LogP contribution in [0.1, 0.15) is 18.4 Å². The molecule has 0 unspecified atom stereocenters. The van der Waals surface area contributed by atoms with E-state index < -0.39 is 0 Å². The summed E-state index contributed by atoms with van der Waals surface area (Å²) in [5, 5.41) is 12.2. The Morgan fingerprint density at radius 3 is 2.89 bits per heavy atom. The van der Waals surface area contributed by atoms with Gasteiger partial charge >= 0.3 is 0 Å². The first kappa shape index (κ1) is 12.1. The zero-order valence-corrected chi connectivity index (χ0v) is 10.2. The first-order valence-corrected chi connectivity index (χ1v) is 5.74. The molecule has 5 nitrogen and oxygen atoms in total. The Labute approximate surface area is 106 Å². The standard InChI is InChI=1S/C13H15N5/c1-16-12(17-9-15)18-11-4-2-3-10(7-11)13(8-14)5-6-13/h2-4,7,9H,5-6H2,1H3,(H3,15,16,17,18). The maximum absolute atomic E-state index is 9.18. The summed E-state index contributed by atoms with van der Waals surface area (Å²) in [6, 6.07) is 10.2. The molecule has 0 heterocycles. The van der Waals surface area contributed by atoms with Crippen LogP contribution in [0.5, 0.6) is 0 Å². The second-order valence-electron chi connectivity index (χ2n) is 4.23. The van der Waals surface area contributed by atoms with E-state index in [4.69, 9.17) is 5.73 Å². The van der Waals surface area contributed by atoms with Crippen molar-refractivity contribution in [2.45, 2.75) is 18.3 Å². The van der Waals surface area contributed by atoms with Gasteiger partial charge in [0, 0.05) is 12.7 Å². The second-order valence-corrected chi connectivity index (χ2v) is 4.23. The Bertz CT molecular complexity index is 535. The molecule has 0 aliphatic heterocycles. The Kier molecular flexibility index (Phi) is 3.28. The van der Waals surface area contributed by atoms with Gasteiger partial charge in [0.25, 0.3) is 0 Å². The number of rotatable bonds is 2. The van der Waals surface area contributed by atoms with E-state index in [-0.39, 0.29) is 5.41 Å². The van der Waals surface area contributed by atoms with Gasteiger partial charge in [0.05, 0.1) is 17.8 Å². The van der Waals surface area contributed by atoms with E-state index in [9.17, 15) is 5.26 Å². The van der Waals surface area contributed by atoms with E-state index >= 15 is 0 Å². The van der Waals surface area contributed by atoms with Crippen molar-refractivity contribution < 1.29 is 0 Å². The van der Waals surface area contributed by atoms with Crippen LogP contribution in [0.15, 0.2) is 34.3 Å². The normalized spacial score (nSPS) is 17.4. The van der Waals surface area contributed by atoms with Crippen LogP contribution in [-0.4, -0.2) is 19.3 Å². The molecule has 0 saturated heterocycles. The highest BCUT2D eigenvalue weighted by Gasteiger charge is 2.44. The minimum Gasteiger partial charge on any atom is -0.390 e. The molecule has 0 atom stereocenters. The maximum Gasteiger partial charge on any atom is 0.223 e. The molecule has 5 heteroatoms. The van der Waals surface area contributed by atoms with Gasteiger partial charge in [-0.15, -0.1) is 0 Å². The van der Waals surface area contributed by atoms with E-state index in [1.807, 2.05) is 24.3 Å². The molecule has 1 aliphatic carbocycles. The summed E-state index contributed by atoms with van der Waals surface area (Å²) in [7, 11) is 1.64. The fraction of sp³-hybridized carbons (Fsp3) is 0.308. The van der Waals surface area contributed by atoms with Crippen molar-refractivity contribution in [1.82, 2.24) is 0 Å². The zero-order valence-electron chi connectivity index (χ0n) is 10.2. The highest BCUT2D eigenvalue weighted by molar-refractivity contribution is 5.97. The van der Waals surface area contributed by atoms with Crippen molar-refractivity contribution >= 4 is 18.0 Å². The fourth-order valence-electron chi connectivity index (χ4n) is 1.83. The third-order valence-corrected chi connectivity index (χ3v) is 3.04. The van der Waals surface area contributed by atoms with Crippen LogP contribution in [0.2, 0.25) is 0 Å². The molecule has 18 heavy (non-hydrogen) atoms. The number of nitrogens with zero attached hydrogens (tertiary/aromatic N) is 3. The van der Waals surface area contributed by atoms with Gasteiger partial charge in [0.2, 0.25) is 5.96 Å². The molecule has 1 fully saturated rings. The van der Waals surface area contributed by atoms with Crippen LogP contribution < -0.4 is 11.1 Å². The smallest absolute Gasteiger partial charge is 0.223 e. The van der Waals surface area contributed by atoms with E-state index in [1.54, 1.807) is 7.05 Å². The minimum atomic E-state index is -0.279. The molecule has 0 spiro atoms. The van der Waals surface area contributed by atoms with E-state index in [0.29, 0.717) is 5.96 Å². The van der Waals surface area contributed by atoms with E-state index in [2.05, 4.69) is 21.4 Å².